The van der Waals surface area contributed by atoms with E-state index in [0.717, 1.165) is 34.2 Å². The van der Waals surface area contributed by atoms with Crippen LogP contribution in [0, 0.1) is 6.92 Å². The van der Waals surface area contributed by atoms with Gasteiger partial charge in [-0.3, -0.25) is 0 Å². The minimum Gasteiger partial charge on any atom is -0.411 e. The fraction of sp³-hybridized carbons (Fsp3) is 0.333. The van der Waals surface area contributed by atoms with Gasteiger partial charge in [-0.15, -0.1) is 11.8 Å². The molecule has 2 heterocycles. The Kier molecular flexibility index (Phi) is 2.22. The standard InChI is InChI=1S/C9H10N2OS/c1-6-2-3-7-8(11-12)4-5-13-9(7)10-6/h2-3,12H,4-5H2,1H3/b11-8+. The van der Waals surface area contributed by atoms with Gasteiger partial charge in [0.25, 0.3) is 0 Å². The van der Waals surface area contributed by atoms with Gasteiger partial charge in [0.15, 0.2) is 0 Å². The Hall–Kier alpha value is -1.03. The molecule has 1 aromatic rings. The number of rotatable bonds is 0. The summed E-state index contributed by atoms with van der Waals surface area (Å²) < 4.78 is 0. The second-order valence-corrected chi connectivity index (χ2v) is 4.03. The van der Waals surface area contributed by atoms with E-state index >= 15 is 0 Å². The summed E-state index contributed by atoms with van der Waals surface area (Å²) in [4.78, 5) is 4.38. The number of thioether (sulfide) groups is 1. The second-order valence-electron chi connectivity index (χ2n) is 2.95. The molecular formula is C9H10N2OS. The van der Waals surface area contributed by atoms with Crippen LogP contribution in [0.25, 0.3) is 0 Å². The van der Waals surface area contributed by atoms with Gasteiger partial charge in [-0.1, -0.05) is 5.16 Å². The summed E-state index contributed by atoms with van der Waals surface area (Å²) >= 11 is 1.72. The van der Waals surface area contributed by atoms with E-state index in [-0.39, 0.29) is 0 Å². The zero-order valence-corrected chi connectivity index (χ0v) is 8.14. The molecule has 2 rings (SSSR count). The van der Waals surface area contributed by atoms with Crippen molar-refractivity contribution in [2.45, 2.75) is 18.4 Å². The van der Waals surface area contributed by atoms with E-state index in [1.54, 1.807) is 11.8 Å². The molecule has 1 N–H and O–H groups in total. The molecule has 4 heteroatoms. The Morgan fingerprint density at radius 1 is 1.54 bits per heavy atom. The summed E-state index contributed by atoms with van der Waals surface area (Å²) in [5.41, 5.74) is 2.73. The highest BCUT2D eigenvalue weighted by molar-refractivity contribution is 7.99. The van der Waals surface area contributed by atoms with Crippen LogP contribution in [0.4, 0.5) is 0 Å². The van der Waals surface area contributed by atoms with Crippen LogP contribution in [-0.2, 0) is 0 Å². The average molecular weight is 194 g/mol. The predicted molar refractivity (Wildman–Crippen MR) is 52.6 cm³/mol. The van der Waals surface area contributed by atoms with Gasteiger partial charge >= 0.3 is 0 Å². The molecule has 0 aromatic carbocycles. The Labute approximate surface area is 80.9 Å². The van der Waals surface area contributed by atoms with Crippen LogP contribution in [-0.4, -0.2) is 21.7 Å². The maximum Gasteiger partial charge on any atom is 0.105 e. The first-order chi connectivity index (χ1) is 6.31. The van der Waals surface area contributed by atoms with E-state index in [2.05, 4.69) is 10.1 Å². The monoisotopic (exact) mass is 194 g/mol. The molecule has 0 unspecified atom stereocenters. The number of hydrogen-bond acceptors (Lipinski definition) is 4. The lowest BCUT2D eigenvalue weighted by atomic mass is 10.1. The molecular weight excluding hydrogens is 184 g/mol. The Morgan fingerprint density at radius 2 is 2.38 bits per heavy atom. The SMILES string of the molecule is Cc1ccc2c(n1)SCC/C2=N\O. The molecule has 0 radical (unpaired) electrons. The number of oxime groups is 1. The molecule has 68 valence electrons. The third-order valence-corrected chi connectivity index (χ3v) is 3.00. The molecule has 0 spiro atoms. The van der Waals surface area contributed by atoms with Crippen LogP contribution in [0.3, 0.4) is 0 Å². The van der Waals surface area contributed by atoms with E-state index in [1.807, 2.05) is 19.1 Å². The fourth-order valence-electron chi connectivity index (χ4n) is 1.35. The first-order valence-corrected chi connectivity index (χ1v) is 5.11. The molecule has 1 aromatic heterocycles. The van der Waals surface area contributed by atoms with Gasteiger partial charge in [-0.05, 0) is 19.1 Å². The number of fused-ring (bicyclic) bond motifs is 1. The highest BCUT2D eigenvalue weighted by Gasteiger charge is 2.17. The van der Waals surface area contributed by atoms with Crippen molar-refractivity contribution in [3.63, 3.8) is 0 Å². The van der Waals surface area contributed by atoms with Crippen molar-refractivity contribution in [3.8, 4) is 0 Å². The quantitative estimate of drug-likeness (QED) is 0.508. The van der Waals surface area contributed by atoms with E-state index in [4.69, 9.17) is 5.21 Å². The lowest BCUT2D eigenvalue weighted by Crippen LogP contribution is -2.11. The maximum absolute atomic E-state index is 8.76. The van der Waals surface area contributed by atoms with Crippen LogP contribution < -0.4 is 0 Å². The molecule has 1 aliphatic heterocycles. The van der Waals surface area contributed by atoms with Crippen LogP contribution in [0.5, 0.6) is 0 Å². The van der Waals surface area contributed by atoms with Crippen molar-refractivity contribution in [2.75, 3.05) is 5.75 Å². The topological polar surface area (TPSA) is 45.5 Å². The Balaban J connectivity index is 2.52. The summed E-state index contributed by atoms with van der Waals surface area (Å²) in [6.07, 6.45) is 0.818. The van der Waals surface area contributed by atoms with Gasteiger partial charge in [0.1, 0.15) is 5.03 Å². The highest BCUT2D eigenvalue weighted by Crippen LogP contribution is 2.28. The van der Waals surface area contributed by atoms with Gasteiger partial charge < -0.3 is 5.21 Å². The molecule has 0 saturated heterocycles. The molecule has 0 aliphatic carbocycles. The van der Waals surface area contributed by atoms with Gasteiger partial charge in [-0.25, -0.2) is 4.98 Å². The van der Waals surface area contributed by atoms with E-state index in [9.17, 15) is 0 Å². The molecule has 1 aliphatic rings. The first kappa shape index (κ1) is 8.56. The van der Waals surface area contributed by atoms with Gasteiger partial charge in [0.2, 0.25) is 0 Å². The van der Waals surface area contributed by atoms with Crippen LogP contribution in [0.15, 0.2) is 22.3 Å². The van der Waals surface area contributed by atoms with Crippen molar-refractivity contribution >= 4 is 17.5 Å². The fourth-order valence-corrected chi connectivity index (χ4v) is 2.38. The number of aryl methyl sites for hydroxylation is 1. The number of aromatic nitrogens is 1. The molecule has 0 saturated carbocycles. The van der Waals surface area contributed by atoms with Crippen molar-refractivity contribution in [2.24, 2.45) is 5.16 Å². The highest BCUT2D eigenvalue weighted by atomic mass is 32.2. The van der Waals surface area contributed by atoms with E-state index in [0.29, 0.717) is 0 Å². The third kappa shape index (κ3) is 1.54. The molecule has 0 fully saturated rings. The minimum atomic E-state index is 0.751. The van der Waals surface area contributed by atoms with Crippen molar-refractivity contribution < 1.29 is 5.21 Å². The molecule has 0 amide bonds. The number of nitrogens with zero attached hydrogens (tertiary/aromatic N) is 2. The summed E-state index contributed by atoms with van der Waals surface area (Å²) in [5, 5.41) is 13.0. The van der Waals surface area contributed by atoms with Gasteiger partial charge in [-0.2, -0.15) is 0 Å². The van der Waals surface area contributed by atoms with E-state index in [1.165, 1.54) is 0 Å². The summed E-state index contributed by atoms with van der Waals surface area (Å²) in [6.45, 7) is 1.96. The smallest absolute Gasteiger partial charge is 0.105 e. The summed E-state index contributed by atoms with van der Waals surface area (Å²) in [6, 6.07) is 3.91. The van der Waals surface area contributed by atoms with Crippen molar-refractivity contribution in [3.05, 3.63) is 23.4 Å². The Bertz CT molecular complexity index is 363. The average Bonchev–Trinajstić information content (AvgIpc) is 2.16. The minimum absolute atomic E-state index is 0.751. The van der Waals surface area contributed by atoms with Crippen LogP contribution >= 0.6 is 11.8 Å². The van der Waals surface area contributed by atoms with Gasteiger partial charge in [0, 0.05) is 23.4 Å². The van der Waals surface area contributed by atoms with E-state index < -0.39 is 0 Å². The normalized spacial score (nSPS) is 18.7. The zero-order chi connectivity index (χ0) is 9.26. The second kappa shape index (κ2) is 3.38. The lowest BCUT2D eigenvalue weighted by Gasteiger charge is -2.15. The third-order valence-electron chi connectivity index (χ3n) is 2.01. The zero-order valence-electron chi connectivity index (χ0n) is 7.32. The molecule has 0 atom stereocenters. The molecule has 0 bridgehead atoms. The van der Waals surface area contributed by atoms with Crippen molar-refractivity contribution in [1.82, 2.24) is 4.98 Å². The first-order valence-electron chi connectivity index (χ1n) is 4.13. The largest absolute Gasteiger partial charge is 0.411 e. The molecule has 13 heavy (non-hydrogen) atoms. The number of pyridine rings is 1. The van der Waals surface area contributed by atoms with Crippen LogP contribution in [0.1, 0.15) is 17.7 Å². The lowest BCUT2D eigenvalue weighted by molar-refractivity contribution is 0.318. The Morgan fingerprint density at radius 3 is 3.15 bits per heavy atom. The summed E-state index contributed by atoms with van der Waals surface area (Å²) in [7, 11) is 0. The van der Waals surface area contributed by atoms with Crippen molar-refractivity contribution in [1.29, 1.82) is 0 Å². The summed E-state index contributed by atoms with van der Waals surface area (Å²) in [5.74, 6) is 0.947. The maximum atomic E-state index is 8.76. The molecule has 3 nitrogen and oxygen atoms in total. The predicted octanol–water partition coefficient (Wildman–Crippen LogP) is 2.06. The van der Waals surface area contributed by atoms with Gasteiger partial charge in [0.05, 0.1) is 5.71 Å². The number of hydrogen-bond donors (Lipinski definition) is 1. The van der Waals surface area contributed by atoms with Crippen LogP contribution in [0.2, 0.25) is 0 Å².